The molecule has 1 unspecified atom stereocenters. The summed E-state index contributed by atoms with van der Waals surface area (Å²) in [7, 11) is 3.88. The second-order valence-corrected chi connectivity index (χ2v) is 6.49. The van der Waals surface area contributed by atoms with E-state index in [9.17, 15) is 9.50 Å². The van der Waals surface area contributed by atoms with Crippen LogP contribution < -0.4 is 5.32 Å². The van der Waals surface area contributed by atoms with Crippen LogP contribution in [0.5, 0.6) is 0 Å². The number of likely N-dealkylation sites (N-methyl/N-ethyl adjacent to an activating group) is 1. The van der Waals surface area contributed by atoms with Crippen molar-refractivity contribution in [3.8, 4) is 10.4 Å². The Kier molecular flexibility index (Phi) is 5.87. The van der Waals surface area contributed by atoms with Crippen LogP contribution in [-0.4, -0.2) is 43.3 Å². The predicted molar refractivity (Wildman–Crippen MR) is 86.0 cm³/mol. The van der Waals surface area contributed by atoms with Crippen LogP contribution in [0.2, 0.25) is 0 Å². The second kappa shape index (κ2) is 7.66. The maximum Gasteiger partial charge on any atom is 0.123 e. The summed E-state index contributed by atoms with van der Waals surface area (Å²) in [6.45, 7) is 1.95. The molecule has 0 aliphatic carbocycles. The molecule has 114 valence electrons. The molecule has 0 saturated heterocycles. The van der Waals surface area contributed by atoms with Crippen LogP contribution in [-0.2, 0) is 6.54 Å². The number of aliphatic hydroxyl groups excluding tert-OH is 1. The van der Waals surface area contributed by atoms with Crippen molar-refractivity contribution in [1.82, 2.24) is 10.2 Å². The number of nitrogens with one attached hydrogen (secondary N) is 1. The standard InChI is InChI=1S/C16H21FN2OS/c1-19(2)11-14(20)9-18-10-15-7-8-16(21-15)12-3-5-13(17)6-4-12/h3-8,14,18,20H,9-11H2,1-2H3. The lowest BCUT2D eigenvalue weighted by atomic mass is 10.2. The van der Waals surface area contributed by atoms with Gasteiger partial charge in [-0.25, -0.2) is 4.39 Å². The largest absolute Gasteiger partial charge is 0.390 e. The molecule has 1 aromatic heterocycles. The number of rotatable bonds is 7. The molecule has 5 heteroatoms. The fourth-order valence-electron chi connectivity index (χ4n) is 2.09. The van der Waals surface area contributed by atoms with Crippen molar-refractivity contribution < 1.29 is 9.50 Å². The zero-order valence-corrected chi connectivity index (χ0v) is 13.2. The molecule has 2 rings (SSSR count). The molecular formula is C16H21FN2OS. The summed E-state index contributed by atoms with van der Waals surface area (Å²) in [5, 5.41) is 13.0. The van der Waals surface area contributed by atoms with Gasteiger partial charge in [0.25, 0.3) is 0 Å². The number of hydrogen-bond donors (Lipinski definition) is 2. The van der Waals surface area contributed by atoms with Crippen molar-refractivity contribution in [2.75, 3.05) is 27.2 Å². The fraction of sp³-hybridized carbons (Fsp3) is 0.375. The zero-order chi connectivity index (χ0) is 15.2. The van der Waals surface area contributed by atoms with E-state index in [-0.39, 0.29) is 11.9 Å². The van der Waals surface area contributed by atoms with Crippen LogP contribution >= 0.6 is 11.3 Å². The Morgan fingerprint density at radius 3 is 2.57 bits per heavy atom. The lowest BCUT2D eigenvalue weighted by Gasteiger charge is -2.16. The maximum absolute atomic E-state index is 12.9. The van der Waals surface area contributed by atoms with Gasteiger partial charge in [-0.3, -0.25) is 0 Å². The zero-order valence-electron chi connectivity index (χ0n) is 12.3. The number of aliphatic hydroxyl groups is 1. The lowest BCUT2D eigenvalue weighted by Crippen LogP contribution is -2.34. The average molecular weight is 308 g/mol. The maximum atomic E-state index is 12.9. The van der Waals surface area contributed by atoms with Crippen LogP contribution in [0.15, 0.2) is 36.4 Å². The fourth-order valence-corrected chi connectivity index (χ4v) is 3.07. The smallest absolute Gasteiger partial charge is 0.123 e. The third kappa shape index (κ3) is 5.21. The molecule has 0 radical (unpaired) electrons. The van der Waals surface area contributed by atoms with Gasteiger partial charge in [-0.2, -0.15) is 0 Å². The lowest BCUT2D eigenvalue weighted by molar-refractivity contribution is 0.134. The van der Waals surface area contributed by atoms with Crippen LogP contribution in [0.1, 0.15) is 4.88 Å². The first-order chi connectivity index (χ1) is 10.0. The number of thiophene rings is 1. The second-order valence-electron chi connectivity index (χ2n) is 5.32. The summed E-state index contributed by atoms with van der Waals surface area (Å²) < 4.78 is 12.9. The Hall–Kier alpha value is -1.27. The van der Waals surface area contributed by atoms with Gasteiger partial charge in [0, 0.05) is 29.4 Å². The van der Waals surface area contributed by atoms with Gasteiger partial charge in [0.2, 0.25) is 0 Å². The monoisotopic (exact) mass is 308 g/mol. The Bertz CT molecular complexity index is 554. The van der Waals surface area contributed by atoms with E-state index in [4.69, 9.17) is 0 Å². The van der Waals surface area contributed by atoms with Gasteiger partial charge in [-0.15, -0.1) is 11.3 Å². The number of halogens is 1. The van der Waals surface area contributed by atoms with E-state index in [1.54, 1.807) is 23.5 Å². The van der Waals surface area contributed by atoms with Gasteiger partial charge in [-0.1, -0.05) is 12.1 Å². The molecule has 0 spiro atoms. The molecule has 0 saturated carbocycles. The Morgan fingerprint density at radius 2 is 1.90 bits per heavy atom. The Labute approximate surface area is 129 Å². The number of nitrogens with zero attached hydrogens (tertiary/aromatic N) is 1. The molecule has 0 fully saturated rings. The minimum Gasteiger partial charge on any atom is -0.390 e. The van der Waals surface area contributed by atoms with E-state index in [1.165, 1.54) is 17.0 Å². The highest BCUT2D eigenvalue weighted by Crippen LogP contribution is 2.28. The topological polar surface area (TPSA) is 35.5 Å². The van der Waals surface area contributed by atoms with E-state index >= 15 is 0 Å². The summed E-state index contributed by atoms with van der Waals surface area (Å²) in [5.41, 5.74) is 1.03. The van der Waals surface area contributed by atoms with Crippen molar-refractivity contribution >= 4 is 11.3 Å². The predicted octanol–water partition coefficient (Wildman–Crippen LogP) is 2.57. The first kappa shape index (κ1) is 16.1. The molecule has 1 heterocycles. The highest BCUT2D eigenvalue weighted by Gasteiger charge is 2.06. The molecule has 0 bridgehead atoms. The van der Waals surface area contributed by atoms with Crippen molar-refractivity contribution in [3.05, 3.63) is 47.1 Å². The summed E-state index contributed by atoms with van der Waals surface area (Å²) >= 11 is 1.68. The first-order valence-electron chi connectivity index (χ1n) is 6.93. The quantitative estimate of drug-likeness (QED) is 0.825. The molecule has 1 aromatic carbocycles. The van der Waals surface area contributed by atoms with Crippen molar-refractivity contribution in [2.45, 2.75) is 12.6 Å². The van der Waals surface area contributed by atoms with Crippen molar-refractivity contribution in [3.63, 3.8) is 0 Å². The molecule has 1 atom stereocenters. The Balaban J connectivity index is 1.84. The third-order valence-electron chi connectivity index (χ3n) is 3.05. The minimum atomic E-state index is -0.364. The summed E-state index contributed by atoms with van der Waals surface area (Å²) in [4.78, 5) is 4.29. The summed E-state index contributed by atoms with van der Waals surface area (Å²) in [5.74, 6) is -0.216. The van der Waals surface area contributed by atoms with Gasteiger partial charge >= 0.3 is 0 Å². The van der Waals surface area contributed by atoms with E-state index in [2.05, 4.69) is 11.4 Å². The normalized spacial score (nSPS) is 12.8. The van der Waals surface area contributed by atoms with E-state index in [0.29, 0.717) is 13.1 Å². The molecule has 0 amide bonds. The summed E-state index contributed by atoms with van der Waals surface area (Å²) in [6.07, 6.45) is -0.364. The van der Waals surface area contributed by atoms with Crippen molar-refractivity contribution in [1.29, 1.82) is 0 Å². The molecule has 3 nitrogen and oxygen atoms in total. The molecule has 2 aromatic rings. The molecule has 0 aliphatic heterocycles. The van der Waals surface area contributed by atoms with Gasteiger partial charge in [0.1, 0.15) is 5.82 Å². The highest BCUT2D eigenvalue weighted by molar-refractivity contribution is 7.15. The van der Waals surface area contributed by atoms with E-state index in [1.807, 2.05) is 25.1 Å². The van der Waals surface area contributed by atoms with Gasteiger partial charge in [0.05, 0.1) is 6.10 Å². The summed E-state index contributed by atoms with van der Waals surface area (Å²) in [6, 6.07) is 10.6. The third-order valence-corrected chi connectivity index (χ3v) is 4.18. The van der Waals surface area contributed by atoms with Gasteiger partial charge in [0.15, 0.2) is 0 Å². The van der Waals surface area contributed by atoms with Crippen LogP contribution in [0.25, 0.3) is 10.4 Å². The van der Waals surface area contributed by atoms with Gasteiger partial charge < -0.3 is 15.3 Å². The molecule has 21 heavy (non-hydrogen) atoms. The first-order valence-corrected chi connectivity index (χ1v) is 7.74. The average Bonchev–Trinajstić information content (AvgIpc) is 2.87. The van der Waals surface area contributed by atoms with Crippen LogP contribution in [0, 0.1) is 5.82 Å². The molecule has 0 aliphatic rings. The van der Waals surface area contributed by atoms with Crippen LogP contribution in [0.3, 0.4) is 0 Å². The van der Waals surface area contributed by atoms with E-state index in [0.717, 1.165) is 17.0 Å². The minimum absolute atomic E-state index is 0.216. The number of hydrogen-bond acceptors (Lipinski definition) is 4. The van der Waals surface area contributed by atoms with E-state index < -0.39 is 0 Å². The Morgan fingerprint density at radius 1 is 1.19 bits per heavy atom. The van der Waals surface area contributed by atoms with Crippen LogP contribution in [0.4, 0.5) is 4.39 Å². The SMILES string of the molecule is CN(C)CC(O)CNCc1ccc(-c2ccc(F)cc2)s1. The molecule has 2 N–H and O–H groups in total. The number of benzene rings is 1. The molecular weight excluding hydrogens is 287 g/mol. The highest BCUT2D eigenvalue weighted by atomic mass is 32.1. The van der Waals surface area contributed by atoms with Crippen molar-refractivity contribution in [2.24, 2.45) is 0 Å². The van der Waals surface area contributed by atoms with Gasteiger partial charge in [-0.05, 0) is 43.9 Å².